The number of carbonyl (C=O) groups is 1. The van der Waals surface area contributed by atoms with Crippen LogP contribution in [0, 0.1) is 0 Å². The lowest BCUT2D eigenvalue weighted by molar-refractivity contribution is -0.116. The molecule has 1 aromatic rings. The van der Waals surface area contributed by atoms with Crippen molar-refractivity contribution in [1.29, 1.82) is 0 Å². The molecule has 0 fully saturated rings. The smallest absolute Gasteiger partial charge is 0.244 e. The van der Waals surface area contributed by atoms with Gasteiger partial charge in [-0.3, -0.25) is 4.79 Å². The molecule has 1 N–H and O–H groups in total. The summed E-state index contributed by atoms with van der Waals surface area (Å²) in [7, 11) is 1.60. The molecule has 1 amide bonds. The van der Waals surface area contributed by atoms with Crippen molar-refractivity contribution in [3.8, 4) is 11.5 Å². The highest BCUT2D eigenvalue weighted by Crippen LogP contribution is 2.29. The van der Waals surface area contributed by atoms with Crippen LogP contribution in [-0.4, -0.2) is 38.9 Å². The van der Waals surface area contributed by atoms with Crippen LogP contribution in [0.3, 0.4) is 0 Å². The normalized spacial score (nSPS) is 11.0. The Morgan fingerprint density at radius 2 is 2.09 bits per heavy atom. The van der Waals surface area contributed by atoms with Crippen LogP contribution in [0.25, 0.3) is 6.08 Å². The number of nitrogens with one attached hydrogen (secondary N) is 1. The number of ether oxygens (including phenoxy) is 3. The number of rotatable bonds is 10. The van der Waals surface area contributed by atoms with E-state index < -0.39 is 0 Å². The zero-order valence-corrected chi connectivity index (χ0v) is 14.4. The Hall–Kier alpha value is -2.01. The summed E-state index contributed by atoms with van der Waals surface area (Å²) in [5, 5.41) is 2.82. The molecule has 0 saturated carbocycles. The summed E-state index contributed by atoms with van der Waals surface area (Å²) in [6, 6.07) is 5.58. The van der Waals surface area contributed by atoms with Gasteiger partial charge >= 0.3 is 0 Å². The second-order valence-electron chi connectivity index (χ2n) is 5.25. The van der Waals surface area contributed by atoms with Crippen molar-refractivity contribution < 1.29 is 19.0 Å². The van der Waals surface area contributed by atoms with Crippen LogP contribution in [0.1, 0.15) is 32.8 Å². The third-order valence-corrected chi connectivity index (χ3v) is 2.95. The molecule has 5 heteroatoms. The molecule has 128 valence electrons. The minimum atomic E-state index is -0.122. The van der Waals surface area contributed by atoms with Crippen molar-refractivity contribution >= 4 is 12.0 Å². The van der Waals surface area contributed by atoms with Gasteiger partial charge in [-0.05, 0) is 51.0 Å². The summed E-state index contributed by atoms with van der Waals surface area (Å²) < 4.78 is 16.2. The van der Waals surface area contributed by atoms with Crippen LogP contribution in [0.2, 0.25) is 0 Å². The minimum Gasteiger partial charge on any atom is -0.493 e. The third-order valence-electron chi connectivity index (χ3n) is 2.95. The monoisotopic (exact) mass is 321 g/mol. The van der Waals surface area contributed by atoms with E-state index in [0.717, 1.165) is 12.0 Å². The Bertz CT molecular complexity index is 512. The van der Waals surface area contributed by atoms with Gasteiger partial charge in [-0.15, -0.1) is 0 Å². The van der Waals surface area contributed by atoms with Gasteiger partial charge in [0.15, 0.2) is 11.5 Å². The van der Waals surface area contributed by atoms with Gasteiger partial charge in [-0.2, -0.15) is 0 Å². The van der Waals surface area contributed by atoms with Crippen molar-refractivity contribution in [2.45, 2.75) is 33.3 Å². The van der Waals surface area contributed by atoms with E-state index in [0.29, 0.717) is 31.3 Å². The number of amides is 1. The lowest BCUT2D eigenvalue weighted by atomic mass is 10.2. The van der Waals surface area contributed by atoms with Gasteiger partial charge in [0.25, 0.3) is 0 Å². The van der Waals surface area contributed by atoms with Crippen LogP contribution in [-0.2, 0) is 9.53 Å². The number of methoxy groups -OCH3 is 1. The largest absolute Gasteiger partial charge is 0.493 e. The van der Waals surface area contributed by atoms with E-state index in [9.17, 15) is 4.79 Å². The second-order valence-corrected chi connectivity index (χ2v) is 5.25. The van der Waals surface area contributed by atoms with Gasteiger partial charge in [0.1, 0.15) is 0 Å². The highest BCUT2D eigenvalue weighted by molar-refractivity contribution is 5.91. The number of hydrogen-bond donors (Lipinski definition) is 1. The Balaban J connectivity index is 2.54. The van der Waals surface area contributed by atoms with Crippen LogP contribution in [0.4, 0.5) is 0 Å². The molecule has 0 unspecified atom stereocenters. The molecule has 0 aliphatic rings. The van der Waals surface area contributed by atoms with Crippen LogP contribution >= 0.6 is 0 Å². The van der Waals surface area contributed by atoms with Crippen molar-refractivity contribution in [3.05, 3.63) is 29.8 Å². The molecule has 5 nitrogen and oxygen atoms in total. The van der Waals surface area contributed by atoms with Gasteiger partial charge in [0.05, 0.1) is 13.2 Å². The topological polar surface area (TPSA) is 56.8 Å². The highest BCUT2D eigenvalue weighted by Gasteiger charge is 2.06. The zero-order valence-electron chi connectivity index (χ0n) is 14.4. The number of benzene rings is 1. The minimum absolute atomic E-state index is 0.0766. The third kappa shape index (κ3) is 7.70. The van der Waals surface area contributed by atoms with Crippen molar-refractivity contribution in [2.24, 2.45) is 0 Å². The Kier molecular flexibility index (Phi) is 8.83. The number of hydrogen-bond acceptors (Lipinski definition) is 4. The summed E-state index contributed by atoms with van der Waals surface area (Å²) >= 11 is 0. The lowest BCUT2D eigenvalue weighted by Crippen LogP contribution is -2.23. The first-order valence-electron chi connectivity index (χ1n) is 7.95. The molecule has 0 radical (unpaired) electrons. The van der Waals surface area contributed by atoms with E-state index in [1.807, 2.05) is 39.0 Å². The van der Waals surface area contributed by atoms with Gasteiger partial charge in [0.2, 0.25) is 5.91 Å². The summed E-state index contributed by atoms with van der Waals surface area (Å²) in [5.74, 6) is 1.22. The molecule has 0 aliphatic heterocycles. The summed E-state index contributed by atoms with van der Waals surface area (Å²) in [4.78, 5) is 11.7. The average Bonchev–Trinajstić information content (AvgIpc) is 2.53. The molecule has 0 spiro atoms. The quantitative estimate of drug-likeness (QED) is 0.531. The molecular weight excluding hydrogens is 294 g/mol. The summed E-state index contributed by atoms with van der Waals surface area (Å²) in [5.41, 5.74) is 0.877. The van der Waals surface area contributed by atoms with Crippen LogP contribution in [0.15, 0.2) is 24.3 Å². The van der Waals surface area contributed by atoms with E-state index in [2.05, 4.69) is 5.32 Å². The summed E-state index contributed by atoms with van der Waals surface area (Å²) in [6.07, 6.45) is 4.15. The Morgan fingerprint density at radius 3 is 2.74 bits per heavy atom. The first-order valence-corrected chi connectivity index (χ1v) is 7.95. The zero-order chi connectivity index (χ0) is 17.1. The van der Waals surface area contributed by atoms with Crippen LogP contribution < -0.4 is 14.8 Å². The predicted octanol–water partition coefficient (Wildman–Crippen LogP) is 3.04. The van der Waals surface area contributed by atoms with E-state index in [1.54, 1.807) is 13.2 Å². The SMILES string of the molecule is CCOCCCNC(=O)C=Cc1ccc(OC(C)C)c(OC)c1. The van der Waals surface area contributed by atoms with Gasteiger partial charge in [-0.25, -0.2) is 0 Å². The van der Waals surface area contributed by atoms with Gasteiger partial charge < -0.3 is 19.5 Å². The maximum Gasteiger partial charge on any atom is 0.244 e. The first-order chi connectivity index (χ1) is 11.1. The summed E-state index contributed by atoms with van der Waals surface area (Å²) in [6.45, 7) is 7.84. The van der Waals surface area contributed by atoms with Crippen molar-refractivity contribution in [2.75, 3.05) is 26.9 Å². The maximum absolute atomic E-state index is 11.7. The van der Waals surface area contributed by atoms with Crippen molar-refractivity contribution in [1.82, 2.24) is 5.32 Å². The molecule has 0 heterocycles. The first kappa shape index (κ1) is 19.0. The predicted molar refractivity (Wildman–Crippen MR) is 91.9 cm³/mol. The molecular formula is C18H27NO4. The molecule has 23 heavy (non-hydrogen) atoms. The van der Waals surface area contributed by atoms with E-state index in [1.165, 1.54) is 6.08 Å². The second kappa shape index (κ2) is 10.7. The maximum atomic E-state index is 11.7. The molecule has 0 atom stereocenters. The highest BCUT2D eigenvalue weighted by atomic mass is 16.5. The fourth-order valence-electron chi connectivity index (χ4n) is 1.90. The molecule has 1 aromatic carbocycles. The molecule has 0 bridgehead atoms. The fraction of sp³-hybridized carbons (Fsp3) is 0.500. The van der Waals surface area contributed by atoms with Crippen LogP contribution in [0.5, 0.6) is 11.5 Å². The molecule has 0 aromatic heterocycles. The molecule has 0 aliphatic carbocycles. The molecule has 0 saturated heterocycles. The van der Waals surface area contributed by atoms with E-state index in [4.69, 9.17) is 14.2 Å². The van der Waals surface area contributed by atoms with Crippen molar-refractivity contribution in [3.63, 3.8) is 0 Å². The standard InChI is InChI=1S/C18H27NO4/c1-5-22-12-6-11-19-18(20)10-8-15-7-9-16(23-14(2)3)17(13-15)21-4/h7-10,13-14H,5-6,11-12H2,1-4H3,(H,19,20). The lowest BCUT2D eigenvalue weighted by Gasteiger charge is -2.13. The fourth-order valence-corrected chi connectivity index (χ4v) is 1.90. The average molecular weight is 321 g/mol. The van der Waals surface area contributed by atoms with E-state index >= 15 is 0 Å². The van der Waals surface area contributed by atoms with E-state index in [-0.39, 0.29) is 12.0 Å². The number of carbonyl (C=O) groups excluding carboxylic acids is 1. The Labute approximate surface area is 138 Å². The van der Waals surface area contributed by atoms with Gasteiger partial charge in [-0.1, -0.05) is 6.07 Å². The molecule has 1 rings (SSSR count). The Morgan fingerprint density at radius 1 is 1.30 bits per heavy atom. The van der Waals surface area contributed by atoms with Gasteiger partial charge in [0, 0.05) is 25.8 Å².